The van der Waals surface area contributed by atoms with Crippen molar-refractivity contribution in [1.82, 2.24) is 0 Å². The maximum atomic E-state index is 13.0. The van der Waals surface area contributed by atoms with Gasteiger partial charge in [0.1, 0.15) is 5.76 Å². The van der Waals surface area contributed by atoms with Gasteiger partial charge in [-0.3, -0.25) is 9.59 Å². The second kappa shape index (κ2) is 4.67. The van der Waals surface area contributed by atoms with Crippen molar-refractivity contribution in [1.29, 1.82) is 0 Å². The third-order valence-corrected chi connectivity index (χ3v) is 5.64. The van der Waals surface area contributed by atoms with Crippen LogP contribution in [0.3, 0.4) is 0 Å². The van der Waals surface area contributed by atoms with Crippen LogP contribution in [0.25, 0.3) is 0 Å². The number of fused-ring (bicyclic) bond motifs is 2. The smallest absolute Gasteiger partial charge is 0.172 e. The highest BCUT2D eigenvalue weighted by Crippen LogP contribution is 2.58. The van der Waals surface area contributed by atoms with Gasteiger partial charge in [-0.15, -0.1) is 0 Å². The molecule has 4 nitrogen and oxygen atoms in total. The maximum absolute atomic E-state index is 13.0. The van der Waals surface area contributed by atoms with E-state index in [0.29, 0.717) is 18.8 Å². The summed E-state index contributed by atoms with van der Waals surface area (Å²) in [7, 11) is 0. The van der Waals surface area contributed by atoms with Crippen LogP contribution in [0.1, 0.15) is 48.0 Å². The number of ketones is 2. The van der Waals surface area contributed by atoms with Crippen molar-refractivity contribution >= 4 is 11.6 Å². The Kier molecular flexibility index (Phi) is 3.60. The molecule has 0 unspecified atom stereocenters. The van der Waals surface area contributed by atoms with Crippen molar-refractivity contribution in [2.75, 3.05) is 6.61 Å². The molecule has 2 aliphatic rings. The molecule has 0 saturated heterocycles. The molecule has 2 bridgehead atoms. The molecule has 2 aliphatic carbocycles. The molecule has 1 fully saturated rings. The number of aliphatic hydroxyl groups is 1. The summed E-state index contributed by atoms with van der Waals surface area (Å²) in [5.41, 5.74) is -2.84. The maximum Gasteiger partial charge on any atom is 0.172 e. The molecule has 4 heteroatoms. The molecule has 1 saturated carbocycles. The first-order chi connectivity index (χ1) is 9.49. The molecule has 21 heavy (non-hydrogen) atoms. The molecule has 0 aromatic rings. The number of rotatable bonds is 3. The first kappa shape index (κ1) is 16.2. The summed E-state index contributed by atoms with van der Waals surface area (Å²) in [6, 6.07) is 0. The average Bonchev–Trinajstić information content (AvgIpc) is 2.37. The number of ether oxygens (including phenoxy) is 1. The molecule has 0 radical (unpaired) electrons. The molecule has 0 amide bonds. The molecule has 0 heterocycles. The van der Waals surface area contributed by atoms with Crippen LogP contribution in [-0.4, -0.2) is 28.9 Å². The van der Waals surface area contributed by atoms with E-state index in [1.54, 1.807) is 20.8 Å². The van der Waals surface area contributed by atoms with E-state index in [4.69, 9.17) is 4.74 Å². The Morgan fingerprint density at radius 2 is 1.95 bits per heavy atom. The van der Waals surface area contributed by atoms with Crippen LogP contribution in [0.15, 0.2) is 11.8 Å². The molecular formula is C17H26O4. The summed E-state index contributed by atoms with van der Waals surface area (Å²) in [4.78, 5) is 25.5. The third kappa shape index (κ3) is 2.07. The van der Waals surface area contributed by atoms with E-state index in [1.165, 1.54) is 6.08 Å². The molecule has 118 valence electrons. The number of Topliss-reactive ketones (excluding diaryl/α,β-unsaturated/α-hetero) is 1. The summed E-state index contributed by atoms with van der Waals surface area (Å²) in [6.07, 6.45) is 1.89. The molecular weight excluding hydrogens is 268 g/mol. The van der Waals surface area contributed by atoms with Crippen molar-refractivity contribution in [3.8, 4) is 0 Å². The minimum absolute atomic E-state index is 0.0704. The second-order valence-corrected chi connectivity index (χ2v) is 7.42. The number of allylic oxidation sites excluding steroid dienone is 2. The van der Waals surface area contributed by atoms with Gasteiger partial charge >= 0.3 is 0 Å². The van der Waals surface area contributed by atoms with Gasteiger partial charge in [0.05, 0.1) is 23.0 Å². The standard InChI is InChI=1S/C17H26O4/c1-7-21-13-8-12(18)16(5)9-11(15(3,4)20)10(2)17(13,6)14(16)19/h8,10-11,20H,7,9H2,1-6H3/t10-,11+,16+,17-/m1/s1. The van der Waals surface area contributed by atoms with Gasteiger partial charge in [-0.05, 0) is 52.9 Å². The third-order valence-electron chi connectivity index (χ3n) is 5.64. The molecule has 0 aromatic carbocycles. The zero-order chi connectivity index (χ0) is 16.2. The molecule has 4 atom stereocenters. The van der Waals surface area contributed by atoms with E-state index in [0.717, 1.165) is 0 Å². The van der Waals surface area contributed by atoms with Crippen molar-refractivity contribution in [2.24, 2.45) is 22.7 Å². The van der Waals surface area contributed by atoms with E-state index in [2.05, 4.69) is 0 Å². The molecule has 0 aromatic heterocycles. The minimum atomic E-state index is -1.05. The van der Waals surface area contributed by atoms with Gasteiger partial charge in [-0.2, -0.15) is 0 Å². The van der Waals surface area contributed by atoms with Gasteiger partial charge < -0.3 is 9.84 Å². The number of carbonyl (C=O) groups is 2. The molecule has 0 aliphatic heterocycles. The SMILES string of the molecule is CCOC1=CC(=O)[C@]2(C)C[C@H](C(C)(C)O)[C@@H](C)[C@@]1(C)C2=O. The quantitative estimate of drug-likeness (QED) is 0.812. The Bertz CT molecular complexity index is 513. The molecule has 0 spiro atoms. The minimum Gasteiger partial charge on any atom is -0.497 e. The summed E-state index contributed by atoms with van der Waals surface area (Å²) < 4.78 is 5.63. The van der Waals surface area contributed by atoms with Crippen LogP contribution in [-0.2, 0) is 14.3 Å². The van der Waals surface area contributed by atoms with Gasteiger partial charge in [0.25, 0.3) is 0 Å². The Morgan fingerprint density at radius 3 is 2.43 bits per heavy atom. The van der Waals surface area contributed by atoms with Gasteiger partial charge in [-0.1, -0.05) is 6.92 Å². The van der Waals surface area contributed by atoms with Crippen molar-refractivity contribution in [3.63, 3.8) is 0 Å². The normalized spacial score (nSPS) is 40.0. The topological polar surface area (TPSA) is 63.6 Å². The fourth-order valence-corrected chi connectivity index (χ4v) is 4.08. The van der Waals surface area contributed by atoms with Crippen LogP contribution < -0.4 is 0 Å². The second-order valence-electron chi connectivity index (χ2n) is 7.42. The largest absolute Gasteiger partial charge is 0.497 e. The van der Waals surface area contributed by atoms with Crippen molar-refractivity contribution < 1.29 is 19.4 Å². The Hall–Kier alpha value is -1.16. The van der Waals surface area contributed by atoms with E-state index < -0.39 is 16.4 Å². The predicted molar refractivity (Wildman–Crippen MR) is 79.5 cm³/mol. The highest BCUT2D eigenvalue weighted by molar-refractivity contribution is 6.17. The average molecular weight is 294 g/mol. The Balaban J connectivity index is 2.63. The van der Waals surface area contributed by atoms with Crippen molar-refractivity contribution in [2.45, 2.75) is 53.6 Å². The lowest BCUT2D eigenvalue weighted by molar-refractivity contribution is -0.166. The predicted octanol–water partition coefficient (Wildman–Crippen LogP) is 2.50. The lowest BCUT2D eigenvalue weighted by atomic mass is 9.48. The summed E-state index contributed by atoms with van der Waals surface area (Å²) in [5.74, 6) is -0.0465. The summed E-state index contributed by atoms with van der Waals surface area (Å²) in [6.45, 7) is 11.3. The van der Waals surface area contributed by atoms with Gasteiger partial charge in [0.15, 0.2) is 11.6 Å². The fraction of sp³-hybridized carbons (Fsp3) is 0.765. The molecule has 2 rings (SSSR count). The first-order valence-electron chi connectivity index (χ1n) is 7.66. The highest BCUT2D eigenvalue weighted by atomic mass is 16.5. The lowest BCUT2D eigenvalue weighted by Gasteiger charge is -2.55. The zero-order valence-electron chi connectivity index (χ0n) is 13.8. The summed E-state index contributed by atoms with van der Waals surface area (Å²) in [5, 5.41) is 10.5. The van der Waals surface area contributed by atoms with Crippen LogP contribution >= 0.6 is 0 Å². The highest BCUT2D eigenvalue weighted by Gasteiger charge is 2.64. The van der Waals surface area contributed by atoms with E-state index in [9.17, 15) is 14.7 Å². The number of hydrogen-bond acceptors (Lipinski definition) is 4. The van der Waals surface area contributed by atoms with E-state index in [1.807, 2.05) is 20.8 Å². The van der Waals surface area contributed by atoms with E-state index in [-0.39, 0.29) is 23.4 Å². The number of hydrogen-bond donors (Lipinski definition) is 1. The zero-order valence-corrected chi connectivity index (χ0v) is 13.8. The fourth-order valence-electron chi connectivity index (χ4n) is 4.08. The van der Waals surface area contributed by atoms with Crippen LogP contribution in [0.4, 0.5) is 0 Å². The van der Waals surface area contributed by atoms with Gasteiger partial charge in [0, 0.05) is 6.08 Å². The monoisotopic (exact) mass is 294 g/mol. The van der Waals surface area contributed by atoms with E-state index >= 15 is 0 Å². The number of carbonyl (C=O) groups excluding carboxylic acids is 2. The lowest BCUT2D eigenvalue weighted by Crippen LogP contribution is -2.62. The van der Waals surface area contributed by atoms with Crippen LogP contribution in [0.2, 0.25) is 0 Å². The van der Waals surface area contributed by atoms with Crippen LogP contribution in [0.5, 0.6) is 0 Å². The van der Waals surface area contributed by atoms with Crippen LogP contribution in [0, 0.1) is 22.7 Å². The Morgan fingerprint density at radius 1 is 1.38 bits per heavy atom. The Labute approximate surface area is 126 Å². The van der Waals surface area contributed by atoms with Gasteiger partial charge in [0.2, 0.25) is 0 Å². The van der Waals surface area contributed by atoms with Gasteiger partial charge in [-0.25, -0.2) is 0 Å². The van der Waals surface area contributed by atoms with Crippen molar-refractivity contribution in [3.05, 3.63) is 11.8 Å². The molecule has 1 N–H and O–H groups in total. The first-order valence-corrected chi connectivity index (χ1v) is 7.66. The summed E-state index contributed by atoms with van der Waals surface area (Å²) >= 11 is 0.